The van der Waals surface area contributed by atoms with E-state index in [0.29, 0.717) is 0 Å². The van der Waals surface area contributed by atoms with Gasteiger partial charge >= 0.3 is 0 Å². The number of rotatable bonds is 4. The molecule has 96 valence electrons. The van der Waals surface area contributed by atoms with Gasteiger partial charge in [-0.3, -0.25) is 0 Å². The molecule has 2 N–H and O–H groups in total. The lowest BCUT2D eigenvalue weighted by Crippen LogP contribution is -2.11. The highest BCUT2D eigenvalue weighted by molar-refractivity contribution is 9.10. The number of thiophene rings is 1. The molecule has 0 spiro atoms. The smallest absolute Gasteiger partial charge is 0.0657 e. The van der Waals surface area contributed by atoms with Crippen molar-refractivity contribution in [3.8, 4) is 0 Å². The second kappa shape index (κ2) is 6.00. The van der Waals surface area contributed by atoms with Crippen molar-refractivity contribution in [1.29, 1.82) is 0 Å². The van der Waals surface area contributed by atoms with Crippen LogP contribution < -0.4 is 5.73 Å². The monoisotopic (exact) mass is 323 g/mol. The molecule has 0 aliphatic rings. The third-order valence-corrected chi connectivity index (χ3v) is 5.23. The van der Waals surface area contributed by atoms with Gasteiger partial charge in [0, 0.05) is 9.35 Å². The summed E-state index contributed by atoms with van der Waals surface area (Å²) in [6.07, 6.45) is 2.15. The Balaban J connectivity index is 2.37. The van der Waals surface area contributed by atoms with Gasteiger partial charge in [0.25, 0.3) is 0 Å². The number of hydrogen-bond donors (Lipinski definition) is 1. The molecule has 1 aromatic carbocycles. The SMILES string of the molecule is CCc1ccc(C(N)c2sccc2Br)cc1CC. The Bertz CT molecular complexity index is 533. The van der Waals surface area contributed by atoms with Crippen LogP contribution in [-0.2, 0) is 12.8 Å². The van der Waals surface area contributed by atoms with Crippen LogP contribution in [0.25, 0.3) is 0 Å². The Kier molecular flexibility index (Phi) is 4.60. The van der Waals surface area contributed by atoms with Crippen molar-refractivity contribution >= 4 is 27.3 Å². The maximum absolute atomic E-state index is 6.36. The first-order chi connectivity index (χ1) is 8.67. The quantitative estimate of drug-likeness (QED) is 0.868. The van der Waals surface area contributed by atoms with Gasteiger partial charge in [-0.25, -0.2) is 0 Å². The molecule has 3 heteroatoms. The van der Waals surface area contributed by atoms with Crippen molar-refractivity contribution in [2.75, 3.05) is 0 Å². The van der Waals surface area contributed by atoms with Crippen LogP contribution in [0.5, 0.6) is 0 Å². The minimum atomic E-state index is -0.0319. The van der Waals surface area contributed by atoms with Crippen LogP contribution in [0.15, 0.2) is 34.1 Å². The van der Waals surface area contributed by atoms with Crippen molar-refractivity contribution in [3.63, 3.8) is 0 Å². The van der Waals surface area contributed by atoms with Crippen LogP contribution in [0.4, 0.5) is 0 Å². The Morgan fingerprint density at radius 2 is 1.89 bits per heavy atom. The summed E-state index contributed by atoms with van der Waals surface area (Å²) in [5, 5.41) is 2.07. The Morgan fingerprint density at radius 3 is 2.44 bits per heavy atom. The van der Waals surface area contributed by atoms with Gasteiger partial charge in [-0.05, 0) is 56.9 Å². The zero-order chi connectivity index (χ0) is 13.1. The molecule has 18 heavy (non-hydrogen) atoms. The number of hydrogen-bond acceptors (Lipinski definition) is 2. The zero-order valence-corrected chi connectivity index (χ0v) is 13.1. The predicted octanol–water partition coefficient (Wildman–Crippen LogP) is 4.68. The lowest BCUT2D eigenvalue weighted by atomic mass is 9.96. The van der Waals surface area contributed by atoms with Crippen LogP contribution in [0, 0.1) is 0 Å². The van der Waals surface area contributed by atoms with Crippen molar-refractivity contribution in [2.45, 2.75) is 32.7 Å². The van der Waals surface area contributed by atoms with E-state index in [0.717, 1.165) is 17.3 Å². The van der Waals surface area contributed by atoms with Gasteiger partial charge in [0.15, 0.2) is 0 Å². The number of halogens is 1. The highest BCUT2D eigenvalue weighted by atomic mass is 79.9. The Labute approximate surface area is 121 Å². The normalized spacial score (nSPS) is 12.7. The van der Waals surface area contributed by atoms with E-state index in [2.05, 4.69) is 59.4 Å². The second-order valence-electron chi connectivity index (χ2n) is 4.35. The van der Waals surface area contributed by atoms with Crippen LogP contribution in [0.1, 0.15) is 41.5 Å². The van der Waals surface area contributed by atoms with Crippen LogP contribution in [-0.4, -0.2) is 0 Å². The third-order valence-electron chi connectivity index (χ3n) is 3.28. The average Bonchev–Trinajstić information content (AvgIpc) is 2.83. The summed E-state index contributed by atoms with van der Waals surface area (Å²) < 4.78 is 1.11. The van der Waals surface area contributed by atoms with Gasteiger partial charge in [0.05, 0.1) is 6.04 Å². The highest BCUT2D eigenvalue weighted by Gasteiger charge is 2.14. The fourth-order valence-electron chi connectivity index (χ4n) is 2.19. The minimum absolute atomic E-state index is 0.0319. The molecule has 1 unspecified atom stereocenters. The van der Waals surface area contributed by atoms with Crippen LogP contribution in [0.2, 0.25) is 0 Å². The van der Waals surface area contributed by atoms with Crippen molar-refractivity contribution in [1.82, 2.24) is 0 Å². The Hall–Kier alpha value is -0.640. The summed E-state index contributed by atoms with van der Waals surface area (Å²) in [5.41, 5.74) is 10.4. The van der Waals surface area contributed by atoms with E-state index in [-0.39, 0.29) is 6.04 Å². The number of nitrogens with two attached hydrogens (primary N) is 1. The van der Waals surface area contributed by atoms with E-state index in [1.54, 1.807) is 11.3 Å². The van der Waals surface area contributed by atoms with Crippen molar-refractivity contribution < 1.29 is 0 Å². The predicted molar refractivity (Wildman–Crippen MR) is 83.2 cm³/mol. The maximum atomic E-state index is 6.36. The van der Waals surface area contributed by atoms with Crippen molar-refractivity contribution in [2.24, 2.45) is 5.73 Å². The first kappa shape index (κ1) is 13.8. The molecule has 0 amide bonds. The van der Waals surface area contributed by atoms with Crippen LogP contribution >= 0.6 is 27.3 Å². The minimum Gasteiger partial charge on any atom is -0.320 e. The largest absolute Gasteiger partial charge is 0.320 e. The first-order valence-electron chi connectivity index (χ1n) is 6.27. The summed E-state index contributed by atoms with van der Waals surface area (Å²) in [7, 11) is 0. The fourth-order valence-corrected chi connectivity index (χ4v) is 3.84. The van der Waals surface area contributed by atoms with E-state index < -0.39 is 0 Å². The molecule has 2 aromatic rings. The highest BCUT2D eigenvalue weighted by Crippen LogP contribution is 2.32. The molecule has 1 atom stereocenters. The lowest BCUT2D eigenvalue weighted by Gasteiger charge is -2.14. The summed E-state index contributed by atoms with van der Waals surface area (Å²) in [4.78, 5) is 1.20. The number of benzene rings is 1. The van der Waals surface area contributed by atoms with E-state index in [4.69, 9.17) is 5.73 Å². The molecule has 1 heterocycles. The molecule has 0 aliphatic heterocycles. The molecular weight excluding hydrogens is 306 g/mol. The molecular formula is C15H18BrNS. The molecule has 2 rings (SSSR count). The number of aryl methyl sites for hydroxylation is 2. The molecule has 1 nitrogen and oxygen atoms in total. The van der Waals surface area contributed by atoms with E-state index in [1.807, 2.05) is 0 Å². The van der Waals surface area contributed by atoms with E-state index >= 15 is 0 Å². The summed E-state index contributed by atoms with van der Waals surface area (Å²) >= 11 is 5.26. The second-order valence-corrected chi connectivity index (χ2v) is 6.15. The van der Waals surface area contributed by atoms with Gasteiger partial charge < -0.3 is 5.73 Å². The fraction of sp³-hybridized carbons (Fsp3) is 0.333. The third kappa shape index (κ3) is 2.68. The topological polar surface area (TPSA) is 26.0 Å². The summed E-state index contributed by atoms with van der Waals surface area (Å²) in [5.74, 6) is 0. The summed E-state index contributed by atoms with van der Waals surface area (Å²) in [6, 6.07) is 8.66. The van der Waals surface area contributed by atoms with E-state index in [9.17, 15) is 0 Å². The van der Waals surface area contributed by atoms with Crippen LogP contribution in [0.3, 0.4) is 0 Å². The molecule has 0 bridgehead atoms. The van der Waals surface area contributed by atoms with Gasteiger partial charge in [-0.1, -0.05) is 32.0 Å². The lowest BCUT2D eigenvalue weighted by molar-refractivity contribution is 0.879. The molecule has 1 aromatic heterocycles. The first-order valence-corrected chi connectivity index (χ1v) is 7.94. The van der Waals surface area contributed by atoms with E-state index in [1.165, 1.54) is 21.6 Å². The Morgan fingerprint density at radius 1 is 1.17 bits per heavy atom. The standard InChI is InChI=1S/C15H18BrNS/c1-3-10-5-6-12(9-11(10)4-2)14(17)15-13(16)7-8-18-15/h5-9,14H,3-4,17H2,1-2H3. The van der Waals surface area contributed by atoms with Crippen molar-refractivity contribution in [3.05, 3.63) is 55.7 Å². The molecule has 0 saturated carbocycles. The van der Waals surface area contributed by atoms with Gasteiger partial charge in [-0.2, -0.15) is 0 Å². The molecule has 0 fully saturated rings. The molecule has 0 radical (unpaired) electrons. The summed E-state index contributed by atoms with van der Waals surface area (Å²) in [6.45, 7) is 4.40. The average molecular weight is 324 g/mol. The zero-order valence-electron chi connectivity index (χ0n) is 10.7. The van der Waals surface area contributed by atoms with Gasteiger partial charge in [0.1, 0.15) is 0 Å². The van der Waals surface area contributed by atoms with Gasteiger partial charge in [-0.15, -0.1) is 11.3 Å². The molecule has 0 aliphatic carbocycles. The maximum Gasteiger partial charge on any atom is 0.0657 e. The van der Waals surface area contributed by atoms with Gasteiger partial charge in [0.2, 0.25) is 0 Å². The molecule has 0 saturated heterocycles.